The van der Waals surface area contributed by atoms with Crippen molar-refractivity contribution in [2.24, 2.45) is 5.92 Å². The number of aromatic nitrogens is 4. The maximum atomic E-state index is 15.1. The van der Waals surface area contributed by atoms with Gasteiger partial charge in [-0.2, -0.15) is 0 Å². The lowest BCUT2D eigenvalue weighted by molar-refractivity contribution is 0.172. The van der Waals surface area contributed by atoms with E-state index >= 15 is 4.39 Å². The summed E-state index contributed by atoms with van der Waals surface area (Å²) in [5, 5.41) is 4.07. The summed E-state index contributed by atoms with van der Waals surface area (Å²) in [6.07, 6.45) is 6.89. The molecule has 0 amide bonds. The number of benzene rings is 1. The van der Waals surface area contributed by atoms with Gasteiger partial charge in [0.05, 0.1) is 29.0 Å². The molecule has 7 nitrogen and oxygen atoms in total. The summed E-state index contributed by atoms with van der Waals surface area (Å²) >= 11 is 0. The Morgan fingerprint density at radius 3 is 2.78 bits per heavy atom. The monoisotopic (exact) mass is 518 g/mol. The van der Waals surface area contributed by atoms with Crippen molar-refractivity contribution < 1.29 is 17.3 Å². The summed E-state index contributed by atoms with van der Waals surface area (Å²) in [7, 11) is -3.27. The SMILES string of the molecule is C[C@H]1c2oncc2C[C@@]2(C)c3nc(-c4ccnc(CS(C)(=O)=O)c4)nc(-c4ccccc4F)c3CC[C@H]12. The highest BCUT2D eigenvalue weighted by molar-refractivity contribution is 7.89. The third kappa shape index (κ3) is 4.05. The zero-order valence-corrected chi connectivity index (χ0v) is 21.7. The van der Waals surface area contributed by atoms with Gasteiger partial charge in [-0.25, -0.2) is 22.8 Å². The normalized spacial score (nSPS) is 22.7. The van der Waals surface area contributed by atoms with Crippen molar-refractivity contribution in [3.05, 3.63) is 82.9 Å². The van der Waals surface area contributed by atoms with Crippen molar-refractivity contribution in [1.82, 2.24) is 20.1 Å². The van der Waals surface area contributed by atoms with Crippen molar-refractivity contribution >= 4 is 9.84 Å². The van der Waals surface area contributed by atoms with Gasteiger partial charge in [0, 0.05) is 46.0 Å². The smallest absolute Gasteiger partial charge is 0.160 e. The maximum absolute atomic E-state index is 15.1. The molecular formula is C28H27FN4O3S. The van der Waals surface area contributed by atoms with E-state index in [1.807, 2.05) is 6.07 Å². The molecule has 9 heteroatoms. The number of fused-ring (bicyclic) bond motifs is 4. The number of nitrogens with zero attached hydrogens (tertiary/aromatic N) is 4. The number of pyridine rings is 1. The second kappa shape index (κ2) is 8.55. The van der Waals surface area contributed by atoms with Crippen LogP contribution in [0.4, 0.5) is 4.39 Å². The Morgan fingerprint density at radius 2 is 2.00 bits per heavy atom. The van der Waals surface area contributed by atoms with Crippen molar-refractivity contribution in [1.29, 1.82) is 0 Å². The van der Waals surface area contributed by atoms with Crippen LogP contribution < -0.4 is 0 Å². The van der Waals surface area contributed by atoms with Gasteiger partial charge < -0.3 is 4.52 Å². The lowest BCUT2D eigenvalue weighted by Crippen LogP contribution is -2.45. The molecule has 0 saturated carbocycles. The van der Waals surface area contributed by atoms with E-state index in [9.17, 15) is 8.42 Å². The summed E-state index contributed by atoms with van der Waals surface area (Å²) in [5.41, 5.74) is 4.70. The predicted octanol–water partition coefficient (Wildman–Crippen LogP) is 5.06. The van der Waals surface area contributed by atoms with Crippen LogP contribution >= 0.6 is 0 Å². The Kier molecular flexibility index (Phi) is 5.52. The van der Waals surface area contributed by atoms with Gasteiger partial charge in [0.25, 0.3) is 0 Å². The number of hydrogen-bond acceptors (Lipinski definition) is 7. The molecule has 0 bridgehead atoms. The largest absolute Gasteiger partial charge is 0.361 e. The maximum Gasteiger partial charge on any atom is 0.160 e. The summed E-state index contributed by atoms with van der Waals surface area (Å²) in [4.78, 5) is 14.2. The molecule has 2 aliphatic rings. The van der Waals surface area contributed by atoms with Crippen LogP contribution in [0.3, 0.4) is 0 Å². The van der Waals surface area contributed by atoms with E-state index in [2.05, 4.69) is 24.0 Å². The molecule has 3 aromatic heterocycles. The zero-order valence-electron chi connectivity index (χ0n) is 20.9. The van der Waals surface area contributed by atoms with Crippen LogP contribution in [0.15, 0.2) is 53.3 Å². The molecule has 6 rings (SSSR count). The van der Waals surface area contributed by atoms with Crippen LogP contribution in [0.5, 0.6) is 0 Å². The van der Waals surface area contributed by atoms with Gasteiger partial charge in [-0.3, -0.25) is 4.98 Å². The van der Waals surface area contributed by atoms with Crippen molar-refractivity contribution in [3.63, 3.8) is 0 Å². The highest BCUT2D eigenvalue weighted by atomic mass is 32.2. The lowest BCUT2D eigenvalue weighted by atomic mass is 9.56. The molecular weight excluding hydrogens is 491 g/mol. The molecule has 3 heterocycles. The third-order valence-corrected chi connectivity index (χ3v) is 8.76. The predicted molar refractivity (Wildman–Crippen MR) is 137 cm³/mol. The van der Waals surface area contributed by atoms with Crippen molar-refractivity contribution in [3.8, 4) is 22.6 Å². The molecule has 0 spiro atoms. The van der Waals surface area contributed by atoms with Gasteiger partial charge in [0.2, 0.25) is 0 Å². The molecule has 0 N–H and O–H groups in total. The van der Waals surface area contributed by atoms with E-state index in [4.69, 9.17) is 14.5 Å². The molecule has 0 fully saturated rings. The molecule has 0 aliphatic heterocycles. The van der Waals surface area contributed by atoms with Gasteiger partial charge in [-0.15, -0.1) is 0 Å². The first kappa shape index (κ1) is 23.9. The summed E-state index contributed by atoms with van der Waals surface area (Å²) in [6, 6.07) is 10.1. The molecule has 2 aliphatic carbocycles. The molecule has 1 aromatic carbocycles. The molecule has 0 saturated heterocycles. The minimum absolute atomic E-state index is 0.169. The Morgan fingerprint density at radius 1 is 1.19 bits per heavy atom. The molecule has 0 unspecified atom stereocenters. The number of sulfone groups is 1. The fraction of sp³-hybridized carbons (Fsp3) is 0.357. The van der Waals surface area contributed by atoms with Crippen LogP contribution in [0.1, 0.15) is 54.5 Å². The zero-order chi connectivity index (χ0) is 25.9. The average Bonchev–Trinajstić information content (AvgIpc) is 3.31. The van der Waals surface area contributed by atoms with E-state index in [0.29, 0.717) is 28.3 Å². The topological polar surface area (TPSA) is 98.8 Å². The number of hydrogen-bond donors (Lipinski definition) is 0. The van der Waals surface area contributed by atoms with Gasteiger partial charge >= 0.3 is 0 Å². The molecule has 190 valence electrons. The summed E-state index contributed by atoms with van der Waals surface area (Å²) in [6.45, 7) is 4.41. The summed E-state index contributed by atoms with van der Waals surface area (Å²) < 4.78 is 44.5. The standard InChI is InChI=1S/C28H27FN4O3S/c1-16-22-9-8-21-24(20-6-4-5-7-23(20)29)32-27(17-10-11-30-19(12-17)15-37(3,34)35)33-26(21)28(22,2)13-18-14-31-36-25(16)18/h4-7,10-12,14,16,22H,8-9,13,15H2,1-3H3/t16-,22-,28-/m1/s1. The fourth-order valence-electron chi connectivity index (χ4n) is 6.33. The minimum atomic E-state index is -3.27. The van der Waals surface area contributed by atoms with E-state index in [1.165, 1.54) is 12.3 Å². The van der Waals surface area contributed by atoms with Crippen LogP contribution in [-0.2, 0) is 33.8 Å². The molecule has 37 heavy (non-hydrogen) atoms. The van der Waals surface area contributed by atoms with E-state index < -0.39 is 9.84 Å². The first-order valence-corrected chi connectivity index (χ1v) is 14.4. The molecule has 0 radical (unpaired) electrons. The van der Waals surface area contributed by atoms with Crippen LogP contribution in [0.2, 0.25) is 0 Å². The molecule has 3 atom stereocenters. The van der Waals surface area contributed by atoms with Crippen molar-refractivity contribution in [2.75, 3.05) is 6.26 Å². The Balaban J connectivity index is 1.58. The van der Waals surface area contributed by atoms with E-state index in [0.717, 1.165) is 41.8 Å². The first-order valence-electron chi connectivity index (χ1n) is 12.4. The number of halogens is 1. The van der Waals surface area contributed by atoms with Gasteiger partial charge in [-0.05, 0) is 49.4 Å². The highest BCUT2D eigenvalue weighted by Gasteiger charge is 2.50. The van der Waals surface area contributed by atoms with Gasteiger partial charge in [0.1, 0.15) is 11.6 Å². The van der Waals surface area contributed by atoms with Crippen LogP contribution in [-0.4, -0.2) is 34.8 Å². The quantitative estimate of drug-likeness (QED) is 0.372. The average molecular weight is 519 g/mol. The third-order valence-electron chi connectivity index (χ3n) is 7.94. The lowest BCUT2D eigenvalue weighted by Gasteiger charge is -2.47. The van der Waals surface area contributed by atoms with Crippen molar-refractivity contribution in [2.45, 2.75) is 50.2 Å². The van der Waals surface area contributed by atoms with E-state index in [-0.39, 0.29) is 28.8 Å². The number of rotatable bonds is 4. The second-order valence-corrected chi connectivity index (χ2v) is 12.7. The first-order chi connectivity index (χ1) is 17.6. The Hall–Kier alpha value is -3.46. The minimum Gasteiger partial charge on any atom is -0.361 e. The van der Waals surface area contributed by atoms with Crippen LogP contribution in [0.25, 0.3) is 22.6 Å². The fourth-order valence-corrected chi connectivity index (χ4v) is 7.02. The van der Waals surface area contributed by atoms with Gasteiger partial charge in [0.15, 0.2) is 15.7 Å². The summed E-state index contributed by atoms with van der Waals surface area (Å²) in [5.74, 6) is 1.29. The van der Waals surface area contributed by atoms with E-state index in [1.54, 1.807) is 36.7 Å². The Bertz CT molecular complexity index is 1630. The Labute approximate surface area is 215 Å². The molecule has 4 aromatic rings. The van der Waals surface area contributed by atoms with Gasteiger partial charge in [-0.1, -0.05) is 31.1 Å². The highest BCUT2D eigenvalue weighted by Crippen LogP contribution is 2.54. The second-order valence-electron chi connectivity index (χ2n) is 10.6. The van der Waals surface area contributed by atoms with Crippen LogP contribution in [0, 0.1) is 11.7 Å².